The molecule has 1 aliphatic rings. The van der Waals surface area contributed by atoms with Crippen molar-refractivity contribution in [1.29, 1.82) is 0 Å². The number of hydrogen-bond acceptors (Lipinski definition) is 3. The highest BCUT2D eigenvalue weighted by Gasteiger charge is 2.21. The molecule has 130 valence electrons. The van der Waals surface area contributed by atoms with Crippen molar-refractivity contribution in [2.45, 2.75) is 17.7 Å². The standard InChI is InChI=1S/C19H21N3O2S/c1-22-16-12-15(9-10-17(16)25-13-18(22)23)21-19(24)20-11-5-8-14-6-3-2-4-7-14/h2-4,6-7,9-10,12H,5,8,11,13H2,1H3,(H2,20,21,24). The molecule has 0 atom stereocenters. The molecule has 0 bridgehead atoms. The second-order valence-corrected chi connectivity index (χ2v) is 6.91. The van der Waals surface area contributed by atoms with E-state index in [1.165, 1.54) is 17.3 Å². The second kappa shape index (κ2) is 8.07. The molecule has 0 saturated heterocycles. The monoisotopic (exact) mass is 355 g/mol. The van der Waals surface area contributed by atoms with Gasteiger partial charge in [-0.3, -0.25) is 4.79 Å². The average Bonchev–Trinajstić information content (AvgIpc) is 2.63. The minimum atomic E-state index is -0.231. The summed E-state index contributed by atoms with van der Waals surface area (Å²) in [5.41, 5.74) is 2.79. The minimum Gasteiger partial charge on any atom is -0.338 e. The maximum absolute atomic E-state index is 12.0. The number of urea groups is 1. The van der Waals surface area contributed by atoms with E-state index in [0.717, 1.165) is 23.4 Å². The van der Waals surface area contributed by atoms with E-state index >= 15 is 0 Å². The largest absolute Gasteiger partial charge is 0.338 e. The van der Waals surface area contributed by atoms with Crippen molar-refractivity contribution >= 4 is 35.1 Å². The van der Waals surface area contributed by atoms with E-state index in [4.69, 9.17) is 0 Å². The first kappa shape index (κ1) is 17.4. The lowest BCUT2D eigenvalue weighted by Gasteiger charge is -2.25. The summed E-state index contributed by atoms with van der Waals surface area (Å²) in [6.07, 6.45) is 1.82. The SMILES string of the molecule is CN1C(=O)CSc2ccc(NC(=O)NCCCc3ccccc3)cc21. The van der Waals surface area contributed by atoms with Crippen LogP contribution in [0.15, 0.2) is 53.4 Å². The van der Waals surface area contributed by atoms with Gasteiger partial charge in [0.05, 0.1) is 11.4 Å². The van der Waals surface area contributed by atoms with Gasteiger partial charge in [0.25, 0.3) is 0 Å². The number of fused-ring (bicyclic) bond motifs is 1. The Balaban J connectivity index is 1.49. The summed E-state index contributed by atoms with van der Waals surface area (Å²) in [5.74, 6) is 0.526. The van der Waals surface area contributed by atoms with E-state index in [0.29, 0.717) is 18.0 Å². The molecule has 25 heavy (non-hydrogen) atoms. The number of aryl methyl sites for hydroxylation is 1. The number of carbonyl (C=O) groups excluding carboxylic acids is 2. The van der Waals surface area contributed by atoms with Crippen molar-refractivity contribution in [3.8, 4) is 0 Å². The Hall–Kier alpha value is -2.47. The predicted molar refractivity (Wildman–Crippen MR) is 102 cm³/mol. The highest BCUT2D eigenvalue weighted by atomic mass is 32.2. The number of nitrogens with zero attached hydrogens (tertiary/aromatic N) is 1. The first-order valence-corrected chi connectivity index (χ1v) is 9.24. The van der Waals surface area contributed by atoms with Gasteiger partial charge in [-0.1, -0.05) is 30.3 Å². The second-order valence-electron chi connectivity index (χ2n) is 5.89. The fourth-order valence-corrected chi connectivity index (χ4v) is 3.64. The summed E-state index contributed by atoms with van der Waals surface area (Å²) < 4.78 is 0. The molecule has 3 rings (SSSR count). The number of anilines is 2. The fourth-order valence-electron chi connectivity index (χ4n) is 2.66. The van der Waals surface area contributed by atoms with E-state index in [-0.39, 0.29) is 11.9 Å². The van der Waals surface area contributed by atoms with Crippen LogP contribution in [0.4, 0.5) is 16.2 Å². The summed E-state index contributed by atoms with van der Waals surface area (Å²) in [6, 6.07) is 15.6. The van der Waals surface area contributed by atoms with Crippen molar-refractivity contribution in [2.24, 2.45) is 0 Å². The zero-order valence-electron chi connectivity index (χ0n) is 14.1. The van der Waals surface area contributed by atoms with Crippen molar-refractivity contribution in [1.82, 2.24) is 5.32 Å². The van der Waals surface area contributed by atoms with E-state index in [1.54, 1.807) is 11.9 Å². The average molecular weight is 355 g/mol. The van der Waals surface area contributed by atoms with Gasteiger partial charge >= 0.3 is 6.03 Å². The molecule has 2 aromatic rings. The smallest absolute Gasteiger partial charge is 0.319 e. The van der Waals surface area contributed by atoms with Crippen LogP contribution < -0.4 is 15.5 Å². The normalized spacial score (nSPS) is 13.3. The first-order chi connectivity index (χ1) is 12.1. The Morgan fingerprint density at radius 3 is 2.80 bits per heavy atom. The van der Waals surface area contributed by atoms with Crippen LogP contribution >= 0.6 is 11.8 Å². The number of hydrogen-bond donors (Lipinski definition) is 2. The van der Waals surface area contributed by atoms with Crippen LogP contribution in [0.1, 0.15) is 12.0 Å². The molecular weight excluding hydrogens is 334 g/mol. The Morgan fingerprint density at radius 1 is 1.20 bits per heavy atom. The Kier molecular flexibility index (Phi) is 5.60. The topological polar surface area (TPSA) is 61.4 Å². The molecule has 3 amide bonds. The molecule has 1 aliphatic heterocycles. The third kappa shape index (κ3) is 4.54. The minimum absolute atomic E-state index is 0.0695. The number of amides is 3. The van der Waals surface area contributed by atoms with Crippen LogP contribution in [0.5, 0.6) is 0 Å². The third-order valence-electron chi connectivity index (χ3n) is 4.07. The number of nitrogens with one attached hydrogen (secondary N) is 2. The van der Waals surface area contributed by atoms with Crippen molar-refractivity contribution in [3.05, 3.63) is 54.1 Å². The molecule has 0 saturated carbocycles. The first-order valence-electron chi connectivity index (χ1n) is 8.25. The highest BCUT2D eigenvalue weighted by molar-refractivity contribution is 8.00. The predicted octanol–water partition coefficient (Wildman–Crippen LogP) is 3.51. The van der Waals surface area contributed by atoms with Gasteiger partial charge in [-0.05, 0) is 36.6 Å². The molecule has 0 aliphatic carbocycles. The van der Waals surface area contributed by atoms with Crippen LogP contribution in [0.25, 0.3) is 0 Å². The highest BCUT2D eigenvalue weighted by Crippen LogP contribution is 2.36. The van der Waals surface area contributed by atoms with Gasteiger partial charge in [-0.2, -0.15) is 0 Å². The van der Waals surface area contributed by atoms with Gasteiger partial charge < -0.3 is 15.5 Å². The van der Waals surface area contributed by atoms with E-state index in [2.05, 4.69) is 22.8 Å². The van der Waals surface area contributed by atoms with Crippen molar-refractivity contribution < 1.29 is 9.59 Å². The lowest BCUT2D eigenvalue weighted by atomic mass is 10.1. The number of benzene rings is 2. The molecule has 5 nitrogen and oxygen atoms in total. The molecule has 0 spiro atoms. The number of thioether (sulfide) groups is 1. The van der Waals surface area contributed by atoms with Gasteiger partial charge in [-0.15, -0.1) is 11.8 Å². The fraction of sp³-hybridized carbons (Fsp3) is 0.263. The van der Waals surface area contributed by atoms with Crippen LogP contribution in [0, 0.1) is 0 Å². The summed E-state index contributed by atoms with van der Waals surface area (Å²) in [7, 11) is 1.76. The lowest BCUT2D eigenvalue weighted by molar-refractivity contribution is -0.116. The van der Waals surface area contributed by atoms with Crippen LogP contribution in [-0.4, -0.2) is 31.3 Å². The molecular formula is C19H21N3O2S. The quantitative estimate of drug-likeness (QED) is 0.807. The van der Waals surface area contributed by atoms with Crippen molar-refractivity contribution in [2.75, 3.05) is 29.6 Å². The molecule has 0 aromatic heterocycles. The molecule has 1 heterocycles. The summed E-state index contributed by atoms with van der Waals surface area (Å²) in [4.78, 5) is 26.5. The molecule has 2 N–H and O–H groups in total. The van der Waals surface area contributed by atoms with Crippen LogP contribution in [0.2, 0.25) is 0 Å². The Morgan fingerprint density at radius 2 is 2.00 bits per heavy atom. The zero-order valence-corrected chi connectivity index (χ0v) is 14.9. The molecule has 0 unspecified atom stereocenters. The van der Waals surface area contributed by atoms with E-state index in [9.17, 15) is 9.59 Å². The van der Waals surface area contributed by atoms with Crippen molar-refractivity contribution in [3.63, 3.8) is 0 Å². The van der Waals surface area contributed by atoms with E-state index < -0.39 is 0 Å². The van der Waals surface area contributed by atoms with Crippen LogP contribution in [-0.2, 0) is 11.2 Å². The van der Waals surface area contributed by atoms with E-state index in [1.807, 2.05) is 36.4 Å². The molecule has 2 aromatic carbocycles. The third-order valence-corrected chi connectivity index (χ3v) is 5.12. The Labute approximate surface area is 151 Å². The lowest BCUT2D eigenvalue weighted by Crippen LogP contribution is -2.32. The van der Waals surface area contributed by atoms with Gasteiger partial charge in [0.1, 0.15) is 0 Å². The maximum atomic E-state index is 12.0. The maximum Gasteiger partial charge on any atom is 0.319 e. The number of carbonyl (C=O) groups is 2. The molecule has 0 fully saturated rings. The van der Waals surface area contributed by atoms with Gasteiger partial charge in [0, 0.05) is 24.2 Å². The van der Waals surface area contributed by atoms with Crippen LogP contribution in [0.3, 0.4) is 0 Å². The summed E-state index contributed by atoms with van der Waals surface area (Å²) in [5, 5.41) is 5.69. The van der Waals surface area contributed by atoms with Gasteiger partial charge in [0.15, 0.2) is 0 Å². The Bertz CT molecular complexity index is 765. The zero-order chi connectivity index (χ0) is 17.6. The molecule has 6 heteroatoms. The molecule has 0 radical (unpaired) electrons. The summed E-state index contributed by atoms with van der Waals surface area (Å²) in [6.45, 7) is 0.611. The van der Waals surface area contributed by atoms with Gasteiger partial charge in [0.2, 0.25) is 5.91 Å². The summed E-state index contributed by atoms with van der Waals surface area (Å²) >= 11 is 1.52. The van der Waals surface area contributed by atoms with Gasteiger partial charge in [-0.25, -0.2) is 4.79 Å². The number of rotatable bonds is 5.